The number of nitrogens with two attached hydrogens (primary N) is 1. The summed E-state index contributed by atoms with van der Waals surface area (Å²) in [5.41, 5.74) is 6.54. The second kappa shape index (κ2) is 3.56. The van der Waals surface area contributed by atoms with Crippen molar-refractivity contribution in [2.45, 2.75) is 6.92 Å². The van der Waals surface area contributed by atoms with Crippen LogP contribution in [0.2, 0.25) is 0 Å². The van der Waals surface area contributed by atoms with Crippen molar-refractivity contribution >= 4 is 5.82 Å². The molecule has 0 unspecified atom stereocenters. The summed E-state index contributed by atoms with van der Waals surface area (Å²) in [6.45, 7) is 1.88. The van der Waals surface area contributed by atoms with E-state index in [1.807, 2.05) is 6.92 Å². The van der Waals surface area contributed by atoms with Gasteiger partial charge in [-0.15, -0.1) is 5.10 Å². The van der Waals surface area contributed by atoms with Crippen LogP contribution in [0.1, 0.15) is 5.56 Å². The second-order valence-corrected chi connectivity index (χ2v) is 3.03. The molecule has 0 aliphatic rings. The molecule has 15 heavy (non-hydrogen) atoms. The highest BCUT2D eigenvalue weighted by Crippen LogP contribution is 2.17. The van der Waals surface area contributed by atoms with E-state index in [9.17, 15) is 0 Å². The molecule has 0 bridgehead atoms. The van der Waals surface area contributed by atoms with Crippen molar-refractivity contribution in [3.05, 3.63) is 24.2 Å². The third-order valence-corrected chi connectivity index (χ3v) is 1.99. The van der Waals surface area contributed by atoms with E-state index in [2.05, 4.69) is 15.1 Å². The Balaban J connectivity index is 2.53. The first-order chi connectivity index (χ1) is 7.22. The molecule has 2 aromatic rings. The van der Waals surface area contributed by atoms with Gasteiger partial charge in [-0.2, -0.15) is 0 Å². The number of hydrogen-bond acceptors (Lipinski definition) is 5. The van der Waals surface area contributed by atoms with E-state index in [-0.39, 0.29) is 0 Å². The first kappa shape index (κ1) is 9.45. The molecule has 2 heterocycles. The molecule has 0 amide bonds. The van der Waals surface area contributed by atoms with Gasteiger partial charge in [0.2, 0.25) is 5.82 Å². The van der Waals surface area contributed by atoms with Gasteiger partial charge in [-0.05, 0) is 6.92 Å². The zero-order chi connectivity index (χ0) is 10.8. The number of nitrogens with zero attached hydrogens (tertiary/aromatic N) is 4. The summed E-state index contributed by atoms with van der Waals surface area (Å²) in [5, 5.41) is 4.10. The van der Waals surface area contributed by atoms with Crippen LogP contribution >= 0.6 is 0 Å². The van der Waals surface area contributed by atoms with Crippen molar-refractivity contribution in [1.82, 2.24) is 19.7 Å². The average Bonchev–Trinajstić information content (AvgIpc) is 2.59. The van der Waals surface area contributed by atoms with E-state index in [4.69, 9.17) is 10.5 Å². The normalized spacial score (nSPS) is 10.3. The molecular weight excluding hydrogens is 194 g/mol. The largest absolute Gasteiger partial charge is 0.478 e. The molecule has 2 aromatic heterocycles. The number of aryl methyl sites for hydroxylation is 1. The van der Waals surface area contributed by atoms with E-state index in [1.165, 1.54) is 7.11 Å². The third-order valence-electron chi connectivity index (χ3n) is 1.99. The number of aromatic nitrogens is 4. The number of nitrogen functional groups attached to an aromatic ring is 1. The minimum atomic E-state index is 0.417. The van der Waals surface area contributed by atoms with Crippen molar-refractivity contribution in [3.8, 4) is 11.7 Å². The molecule has 0 radical (unpaired) electrons. The van der Waals surface area contributed by atoms with Gasteiger partial charge in [0.25, 0.3) is 5.88 Å². The fourth-order valence-electron chi connectivity index (χ4n) is 1.20. The molecule has 0 aromatic carbocycles. The lowest BCUT2D eigenvalue weighted by atomic mass is 10.4. The Kier molecular flexibility index (Phi) is 2.24. The van der Waals surface area contributed by atoms with Crippen LogP contribution in [0.4, 0.5) is 5.82 Å². The van der Waals surface area contributed by atoms with Gasteiger partial charge in [0.15, 0.2) is 0 Å². The summed E-state index contributed by atoms with van der Waals surface area (Å²) in [5.74, 6) is 1.42. The van der Waals surface area contributed by atoms with Crippen molar-refractivity contribution in [1.29, 1.82) is 0 Å². The second-order valence-electron chi connectivity index (χ2n) is 3.03. The fraction of sp³-hybridized carbons (Fsp3) is 0.222. The topological polar surface area (TPSA) is 78.9 Å². The van der Waals surface area contributed by atoms with Gasteiger partial charge in [-0.25, -0.2) is 14.6 Å². The quantitative estimate of drug-likeness (QED) is 0.775. The van der Waals surface area contributed by atoms with Crippen LogP contribution in [-0.4, -0.2) is 26.9 Å². The van der Waals surface area contributed by atoms with E-state index < -0.39 is 0 Å². The molecule has 0 saturated carbocycles. The van der Waals surface area contributed by atoms with Gasteiger partial charge in [0.1, 0.15) is 5.82 Å². The maximum Gasteiger partial charge on any atom is 0.259 e. The Morgan fingerprint density at radius 2 is 2.07 bits per heavy atom. The lowest BCUT2D eigenvalue weighted by Gasteiger charge is -2.04. The van der Waals surface area contributed by atoms with E-state index in [0.717, 1.165) is 5.56 Å². The maximum atomic E-state index is 5.65. The smallest absolute Gasteiger partial charge is 0.259 e. The molecule has 2 N–H and O–H groups in total. The summed E-state index contributed by atoms with van der Waals surface area (Å²) in [6, 6.07) is 0. The summed E-state index contributed by atoms with van der Waals surface area (Å²) in [4.78, 5) is 8.16. The lowest BCUT2D eigenvalue weighted by Crippen LogP contribution is -2.03. The Morgan fingerprint density at radius 3 is 2.67 bits per heavy atom. The first-order valence-electron chi connectivity index (χ1n) is 4.39. The third kappa shape index (κ3) is 1.61. The SMILES string of the molecule is COc1nccnc1-n1cc(C)c(N)n1. The standard InChI is InChI=1S/C9H11N5O/c1-6-5-14(13-7(6)10)8-9(15-2)12-4-3-11-8/h3-5H,1-2H3,(H2,10,13). The molecule has 0 aliphatic carbocycles. The zero-order valence-electron chi connectivity index (χ0n) is 8.51. The Labute approximate surface area is 86.7 Å². The van der Waals surface area contributed by atoms with Crippen molar-refractivity contribution in [2.24, 2.45) is 0 Å². The summed E-state index contributed by atoms with van der Waals surface area (Å²) in [6.07, 6.45) is 4.91. The van der Waals surface area contributed by atoms with Crippen LogP contribution in [0.15, 0.2) is 18.6 Å². The number of rotatable bonds is 2. The molecule has 0 saturated heterocycles. The van der Waals surface area contributed by atoms with Crippen molar-refractivity contribution in [3.63, 3.8) is 0 Å². The maximum absolute atomic E-state index is 5.65. The van der Waals surface area contributed by atoms with Crippen LogP contribution in [0.25, 0.3) is 5.82 Å². The molecule has 0 aliphatic heterocycles. The van der Waals surface area contributed by atoms with E-state index >= 15 is 0 Å². The van der Waals surface area contributed by atoms with Gasteiger partial charge in [0.05, 0.1) is 7.11 Å². The minimum absolute atomic E-state index is 0.417. The number of hydrogen-bond donors (Lipinski definition) is 1. The number of anilines is 1. The minimum Gasteiger partial charge on any atom is -0.478 e. The molecule has 0 fully saturated rings. The zero-order valence-corrected chi connectivity index (χ0v) is 8.51. The van der Waals surface area contributed by atoms with E-state index in [1.54, 1.807) is 23.3 Å². The molecule has 6 nitrogen and oxygen atoms in total. The first-order valence-corrected chi connectivity index (χ1v) is 4.39. The molecule has 6 heteroatoms. The highest BCUT2D eigenvalue weighted by Gasteiger charge is 2.10. The highest BCUT2D eigenvalue weighted by molar-refractivity contribution is 5.41. The summed E-state index contributed by atoms with van der Waals surface area (Å²) >= 11 is 0. The predicted molar refractivity (Wildman–Crippen MR) is 54.9 cm³/mol. The summed E-state index contributed by atoms with van der Waals surface area (Å²) < 4.78 is 6.63. The Bertz CT molecular complexity index is 460. The predicted octanol–water partition coefficient (Wildman–Crippen LogP) is 0.562. The van der Waals surface area contributed by atoms with Crippen LogP contribution in [0.5, 0.6) is 5.88 Å². The lowest BCUT2D eigenvalue weighted by molar-refractivity contribution is 0.392. The van der Waals surface area contributed by atoms with Gasteiger partial charge < -0.3 is 10.5 Å². The van der Waals surface area contributed by atoms with Gasteiger partial charge in [-0.3, -0.25) is 0 Å². The number of methoxy groups -OCH3 is 1. The molecule has 0 spiro atoms. The Morgan fingerprint density at radius 1 is 1.33 bits per heavy atom. The molecule has 78 valence electrons. The fourth-order valence-corrected chi connectivity index (χ4v) is 1.20. The van der Waals surface area contributed by atoms with Crippen LogP contribution in [0, 0.1) is 6.92 Å². The molecular formula is C9H11N5O. The average molecular weight is 205 g/mol. The molecule has 0 atom stereocenters. The Hall–Kier alpha value is -2.11. The van der Waals surface area contributed by atoms with Crippen LogP contribution in [-0.2, 0) is 0 Å². The van der Waals surface area contributed by atoms with Gasteiger partial charge >= 0.3 is 0 Å². The monoisotopic (exact) mass is 205 g/mol. The highest BCUT2D eigenvalue weighted by atomic mass is 16.5. The van der Waals surface area contributed by atoms with Crippen LogP contribution < -0.4 is 10.5 Å². The van der Waals surface area contributed by atoms with Crippen molar-refractivity contribution in [2.75, 3.05) is 12.8 Å². The van der Waals surface area contributed by atoms with Gasteiger partial charge in [-0.1, -0.05) is 0 Å². The summed E-state index contributed by atoms with van der Waals surface area (Å²) in [7, 11) is 1.53. The van der Waals surface area contributed by atoms with Crippen molar-refractivity contribution < 1.29 is 4.74 Å². The molecule has 2 rings (SSSR count). The number of ether oxygens (including phenoxy) is 1. The van der Waals surface area contributed by atoms with Gasteiger partial charge in [0, 0.05) is 24.2 Å². The van der Waals surface area contributed by atoms with Crippen LogP contribution in [0.3, 0.4) is 0 Å². The van der Waals surface area contributed by atoms with E-state index in [0.29, 0.717) is 17.5 Å².